The van der Waals surface area contributed by atoms with Gasteiger partial charge in [-0.25, -0.2) is 0 Å². The van der Waals surface area contributed by atoms with Crippen LogP contribution in [0, 0.1) is 5.41 Å². The van der Waals surface area contributed by atoms with E-state index in [1.807, 2.05) is 0 Å². The summed E-state index contributed by atoms with van der Waals surface area (Å²) in [6.45, 7) is 8.04. The van der Waals surface area contributed by atoms with Gasteiger partial charge >= 0.3 is 0 Å². The molecule has 94 valence electrons. The molecule has 0 aliphatic carbocycles. The molecule has 2 N–H and O–H groups in total. The summed E-state index contributed by atoms with van der Waals surface area (Å²) in [5.41, 5.74) is 2.01. The SMILES string of the molecule is CC(C)n1ccc([C@H]2NCC23CCNCC3)c1. The van der Waals surface area contributed by atoms with Crippen molar-refractivity contribution in [2.75, 3.05) is 19.6 Å². The quantitative estimate of drug-likeness (QED) is 0.819. The van der Waals surface area contributed by atoms with Gasteiger partial charge in [0.05, 0.1) is 0 Å². The van der Waals surface area contributed by atoms with Crippen LogP contribution in [0.4, 0.5) is 0 Å². The number of piperidine rings is 1. The van der Waals surface area contributed by atoms with Crippen LogP contribution in [0.25, 0.3) is 0 Å². The van der Waals surface area contributed by atoms with Crippen molar-refractivity contribution in [2.24, 2.45) is 5.41 Å². The van der Waals surface area contributed by atoms with Gasteiger partial charge in [0.25, 0.3) is 0 Å². The Balaban J connectivity index is 1.79. The van der Waals surface area contributed by atoms with Crippen molar-refractivity contribution in [1.82, 2.24) is 15.2 Å². The largest absolute Gasteiger partial charge is 0.351 e. The molecule has 0 unspecified atom stereocenters. The summed E-state index contributed by atoms with van der Waals surface area (Å²) >= 11 is 0. The summed E-state index contributed by atoms with van der Waals surface area (Å²) < 4.78 is 2.31. The molecule has 3 heteroatoms. The van der Waals surface area contributed by atoms with E-state index in [1.54, 1.807) is 0 Å². The number of rotatable bonds is 2. The Bertz CT molecular complexity index is 388. The van der Waals surface area contributed by atoms with Crippen LogP contribution in [-0.4, -0.2) is 24.2 Å². The molecule has 1 atom stereocenters. The van der Waals surface area contributed by atoms with Crippen molar-refractivity contribution >= 4 is 0 Å². The molecule has 2 fully saturated rings. The van der Waals surface area contributed by atoms with E-state index in [1.165, 1.54) is 38.0 Å². The van der Waals surface area contributed by atoms with Gasteiger partial charge in [0.1, 0.15) is 0 Å². The molecule has 0 radical (unpaired) electrons. The van der Waals surface area contributed by atoms with Crippen molar-refractivity contribution in [3.05, 3.63) is 24.0 Å². The molecule has 1 aromatic rings. The zero-order valence-corrected chi connectivity index (χ0v) is 10.9. The maximum atomic E-state index is 3.63. The van der Waals surface area contributed by atoms with Crippen LogP contribution in [-0.2, 0) is 0 Å². The fourth-order valence-electron chi connectivity index (χ4n) is 3.28. The lowest BCUT2D eigenvalue weighted by molar-refractivity contribution is 0.0436. The van der Waals surface area contributed by atoms with E-state index in [4.69, 9.17) is 0 Å². The number of aromatic nitrogens is 1. The Morgan fingerprint density at radius 2 is 2.12 bits per heavy atom. The first-order valence-corrected chi connectivity index (χ1v) is 6.83. The van der Waals surface area contributed by atoms with Crippen LogP contribution >= 0.6 is 0 Å². The van der Waals surface area contributed by atoms with E-state index in [0.29, 0.717) is 17.5 Å². The fourth-order valence-corrected chi connectivity index (χ4v) is 3.28. The third-order valence-corrected chi connectivity index (χ3v) is 4.54. The van der Waals surface area contributed by atoms with Crippen LogP contribution < -0.4 is 10.6 Å². The van der Waals surface area contributed by atoms with Crippen LogP contribution in [0.15, 0.2) is 18.5 Å². The molecule has 2 saturated heterocycles. The predicted molar refractivity (Wildman–Crippen MR) is 70.1 cm³/mol. The molecule has 3 rings (SSSR count). The summed E-state index contributed by atoms with van der Waals surface area (Å²) in [5.74, 6) is 0. The number of hydrogen-bond acceptors (Lipinski definition) is 2. The summed E-state index contributed by atoms with van der Waals surface area (Å²) in [6.07, 6.45) is 7.18. The van der Waals surface area contributed by atoms with Gasteiger partial charge in [-0.2, -0.15) is 0 Å². The summed E-state index contributed by atoms with van der Waals surface area (Å²) in [6, 6.07) is 3.44. The summed E-state index contributed by atoms with van der Waals surface area (Å²) in [4.78, 5) is 0. The van der Waals surface area contributed by atoms with E-state index in [2.05, 4.69) is 47.5 Å². The third kappa shape index (κ3) is 1.81. The zero-order valence-electron chi connectivity index (χ0n) is 10.9. The Morgan fingerprint density at radius 3 is 2.65 bits per heavy atom. The van der Waals surface area contributed by atoms with E-state index in [-0.39, 0.29) is 0 Å². The monoisotopic (exact) mass is 233 g/mol. The number of nitrogens with one attached hydrogen (secondary N) is 2. The normalized spacial score (nSPS) is 27.4. The van der Waals surface area contributed by atoms with Crippen molar-refractivity contribution in [2.45, 2.75) is 38.8 Å². The second-order valence-corrected chi connectivity index (χ2v) is 5.91. The van der Waals surface area contributed by atoms with Gasteiger partial charge in [0.2, 0.25) is 0 Å². The molecular weight excluding hydrogens is 210 g/mol. The van der Waals surface area contributed by atoms with E-state index >= 15 is 0 Å². The van der Waals surface area contributed by atoms with Gasteiger partial charge < -0.3 is 15.2 Å². The van der Waals surface area contributed by atoms with E-state index in [9.17, 15) is 0 Å². The lowest BCUT2D eigenvalue weighted by atomic mass is 9.65. The van der Waals surface area contributed by atoms with Crippen molar-refractivity contribution < 1.29 is 0 Å². The minimum Gasteiger partial charge on any atom is -0.351 e. The average Bonchev–Trinajstić information content (AvgIpc) is 2.78. The lowest BCUT2D eigenvalue weighted by Crippen LogP contribution is -2.59. The van der Waals surface area contributed by atoms with Gasteiger partial charge in [0, 0.05) is 36.4 Å². The fraction of sp³-hybridized carbons (Fsp3) is 0.714. The minimum atomic E-state index is 0.536. The molecule has 2 aliphatic heterocycles. The van der Waals surface area contributed by atoms with Crippen LogP contribution in [0.3, 0.4) is 0 Å². The molecular formula is C14H23N3. The number of nitrogens with zero attached hydrogens (tertiary/aromatic N) is 1. The summed E-state index contributed by atoms with van der Waals surface area (Å²) in [5, 5.41) is 7.10. The Hall–Kier alpha value is -0.800. The average molecular weight is 233 g/mol. The van der Waals surface area contributed by atoms with Crippen LogP contribution in [0.2, 0.25) is 0 Å². The van der Waals surface area contributed by atoms with Gasteiger partial charge in [-0.15, -0.1) is 0 Å². The maximum Gasteiger partial charge on any atom is 0.0405 e. The lowest BCUT2D eigenvalue weighted by Gasteiger charge is -2.53. The van der Waals surface area contributed by atoms with Crippen molar-refractivity contribution in [1.29, 1.82) is 0 Å². The maximum absolute atomic E-state index is 3.63. The smallest absolute Gasteiger partial charge is 0.0405 e. The molecule has 0 amide bonds. The highest BCUT2D eigenvalue weighted by Gasteiger charge is 2.47. The molecule has 3 heterocycles. The van der Waals surface area contributed by atoms with E-state index < -0.39 is 0 Å². The standard InChI is InChI=1S/C14H23N3/c1-11(2)17-8-3-12(9-17)13-14(10-16-13)4-6-15-7-5-14/h3,8-9,11,13,15-16H,4-7,10H2,1-2H3/t13-/m1/s1. The molecule has 0 saturated carbocycles. The highest BCUT2D eigenvalue weighted by atomic mass is 15.1. The molecule has 2 aliphatic rings. The second-order valence-electron chi connectivity index (χ2n) is 5.91. The van der Waals surface area contributed by atoms with Gasteiger partial charge in [0.15, 0.2) is 0 Å². The topological polar surface area (TPSA) is 29.0 Å². The Kier molecular flexibility index (Phi) is 2.75. The Morgan fingerprint density at radius 1 is 1.35 bits per heavy atom. The van der Waals surface area contributed by atoms with Crippen LogP contribution in [0.1, 0.15) is 44.3 Å². The van der Waals surface area contributed by atoms with Gasteiger partial charge in [-0.05, 0) is 51.4 Å². The molecule has 0 bridgehead atoms. The molecule has 1 spiro atoms. The van der Waals surface area contributed by atoms with Crippen molar-refractivity contribution in [3.8, 4) is 0 Å². The van der Waals surface area contributed by atoms with Gasteiger partial charge in [-0.3, -0.25) is 0 Å². The van der Waals surface area contributed by atoms with Gasteiger partial charge in [-0.1, -0.05) is 0 Å². The van der Waals surface area contributed by atoms with Crippen LogP contribution in [0.5, 0.6) is 0 Å². The predicted octanol–water partition coefficient (Wildman–Crippen LogP) is 2.08. The first-order chi connectivity index (χ1) is 8.21. The number of hydrogen-bond donors (Lipinski definition) is 2. The first-order valence-electron chi connectivity index (χ1n) is 6.83. The second kappa shape index (κ2) is 4.14. The first kappa shape index (κ1) is 11.3. The minimum absolute atomic E-state index is 0.536. The molecule has 0 aromatic carbocycles. The highest BCUT2D eigenvalue weighted by molar-refractivity contribution is 5.24. The highest BCUT2D eigenvalue weighted by Crippen LogP contribution is 2.47. The zero-order chi connectivity index (χ0) is 11.9. The molecule has 1 aromatic heterocycles. The molecule has 3 nitrogen and oxygen atoms in total. The van der Waals surface area contributed by atoms with Crippen molar-refractivity contribution in [3.63, 3.8) is 0 Å². The summed E-state index contributed by atoms with van der Waals surface area (Å²) in [7, 11) is 0. The Labute approximate surface area is 104 Å². The third-order valence-electron chi connectivity index (χ3n) is 4.54. The van der Waals surface area contributed by atoms with E-state index in [0.717, 1.165) is 0 Å². The molecule has 17 heavy (non-hydrogen) atoms.